The van der Waals surface area contributed by atoms with E-state index < -0.39 is 0 Å². The molecule has 0 amide bonds. The van der Waals surface area contributed by atoms with Gasteiger partial charge in [0.05, 0.1) is 5.69 Å². The van der Waals surface area contributed by atoms with Crippen molar-refractivity contribution in [2.45, 2.75) is 203 Å². The van der Waals surface area contributed by atoms with Crippen LogP contribution in [-0.2, 0) is 77.5 Å². The van der Waals surface area contributed by atoms with E-state index in [0.717, 1.165) is 79.5 Å². The maximum atomic E-state index is 5.40. The number of aromatic nitrogens is 3. The van der Waals surface area contributed by atoms with Crippen molar-refractivity contribution >= 4 is 49.4 Å². The van der Waals surface area contributed by atoms with Crippen LogP contribution in [-0.4, -0.2) is 15.0 Å². The van der Waals surface area contributed by atoms with E-state index in [1.54, 1.807) is 0 Å². The topological polar surface area (TPSA) is 81.0 Å². The molecule has 0 aliphatic carbocycles. The molecule has 15 rings (SSSR count). The van der Waals surface area contributed by atoms with Gasteiger partial charge in [0.2, 0.25) is 0 Å². The summed E-state index contributed by atoms with van der Waals surface area (Å²) in [6.07, 6.45) is 23.3. The third-order valence-electron chi connectivity index (χ3n) is 23.2. The van der Waals surface area contributed by atoms with Gasteiger partial charge in [-0.3, -0.25) is 4.98 Å². The normalized spacial score (nSPS) is 11.0. The number of fused-ring (bicyclic) bond motifs is 3. The molecule has 0 N–H and O–H groups in total. The monoisotopic (exact) mass is 2260 g/mol. The van der Waals surface area contributed by atoms with Gasteiger partial charge in [0.15, 0.2) is 0 Å². The van der Waals surface area contributed by atoms with E-state index in [1.165, 1.54) is 189 Å². The molecule has 3 heterocycles. The van der Waals surface area contributed by atoms with Crippen molar-refractivity contribution in [2.24, 2.45) is 0 Å². The quantitative estimate of drug-likeness (QED) is 0.0188. The minimum absolute atomic E-state index is 0. The number of hydrogen-bond donors (Lipinski definition) is 0. The van der Waals surface area contributed by atoms with Crippen LogP contribution in [0.25, 0.3) is 82.0 Å². The number of allylic oxidation sites excluding steroid dienone is 2. The Morgan fingerprint density at radius 2 is 0.594 bits per heavy atom. The third-order valence-corrected chi connectivity index (χ3v) is 23.2. The summed E-state index contributed by atoms with van der Waals surface area (Å²) in [4.78, 5) is 15.7. The number of unbranched alkanes of at least 4 members (excludes halogenated alkanes) is 11. The summed E-state index contributed by atoms with van der Waals surface area (Å²) in [6.45, 7) is 43.9. The molecule has 0 aliphatic rings. The molecule has 6 nitrogen and oxygen atoms in total. The first-order valence-electron chi connectivity index (χ1n) is 45.3. The van der Waals surface area contributed by atoms with Gasteiger partial charge in [-0.05, 0) is 169 Å². The average molecular weight is 2260 g/mol. The van der Waals surface area contributed by atoms with Gasteiger partial charge in [0.25, 0.3) is 0 Å². The van der Waals surface area contributed by atoms with E-state index in [4.69, 9.17) is 30.9 Å². The Kier molecular flexibility index (Phi) is 56.8. The van der Waals surface area contributed by atoms with E-state index >= 15 is 0 Å². The van der Waals surface area contributed by atoms with Crippen LogP contribution < -0.4 is 0 Å². The summed E-state index contributed by atoms with van der Waals surface area (Å²) in [5, 5.41) is 23.1. The predicted octanol–water partition coefficient (Wildman–Crippen LogP) is 37.7. The molecule has 3 aromatic heterocycles. The summed E-state index contributed by atoms with van der Waals surface area (Å²) in [6, 6.07) is 108. The maximum Gasteiger partial charge on any atom is 4.00 e. The van der Waals surface area contributed by atoms with E-state index in [-0.39, 0.29) is 139 Å². The minimum atomic E-state index is -0.209. The fourth-order valence-corrected chi connectivity index (χ4v) is 16.3. The predicted molar refractivity (Wildman–Crippen MR) is 573 cm³/mol. The van der Waals surface area contributed by atoms with Crippen LogP contribution in [0.3, 0.4) is 0 Å². The fourth-order valence-electron chi connectivity index (χ4n) is 16.3. The van der Waals surface area contributed by atoms with Gasteiger partial charge in [0.1, 0.15) is 0 Å². The zero-order chi connectivity index (χ0) is 88.8. The van der Waals surface area contributed by atoms with Crippen molar-refractivity contribution < 1.29 is 77.5 Å². The Hall–Kier alpha value is -9.90. The zero-order valence-corrected chi connectivity index (χ0v) is 93.8. The van der Waals surface area contributed by atoms with Crippen LogP contribution in [0, 0.1) is 119 Å². The number of nitrogens with zero attached hydrogens (tertiary/aromatic N) is 6. The number of pyridine rings is 3. The maximum absolute atomic E-state index is 5.40. The second-order valence-corrected chi connectivity index (χ2v) is 32.7. The van der Waals surface area contributed by atoms with Crippen LogP contribution >= 0.6 is 0 Å². The summed E-state index contributed by atoms with van der Waals surface area (Å²) in [5.41, 5.74) is 27.5. The first-order valence-corrected chi connectivity index (χ1v) is 45.3. The largest absolute Gasteiger partial charge is 4.00 e. The molecule has 15 aromatic rings. The van der Waals surface area contributed by atoms with Gasteiger partial charge in [-0.1, -0.05) is 413 Å². The molecule has 0 aliphatic heterocycles. The Morgan fingerprint density at radius 3 is 0.932 bits per heavy atom. The van der Waals surface area contributed by atoms with Gasteiger partial charge < -0.3 is 70.0 Å². The standard InChI is InChI=1S/C39H42N2.2C31H26N2.2C8H16.C2H4.5CH3.3Hf/c1-6-7-8-9-16-27(2)32-26-25-31-20-11-13-22-34(31)37(32)35-23-15-24-36(40-35)39(33-21-12-10-17-28(33)3)41-38-29(4)18-14-19-30(38)5;2*1-21-11-4-6-16-25(21)31(33-30-22(2)12-8-13-23(30)3)29-20-10-19-28(32-29)27-18-9-15-24-14-5-7-17-26(24)27;2*1-3-5-7-8-6-4-2;1-2;;;;;;;;/h10-15,17-27,39H,2,6-9,16H2,1,3-5H3;2*4-17,19-20,31H,1-3H3;2*3H,1,4-8H2,2H3;1-2H2;5*1H3;;;/q3*-2;;;;5*-1;;2*+4. The fraction of sp³-hybridized carbons (Fsp3) is 0.250. The van der Waals surface area contributed by atoms with Crippen LogP contribution in [0.2, 0.25) is 0 Å². The van der Waals surface area contributed by atoms with Gasteiger partial charge in [-0.15, -0.1) is 108 Å². The minimum Gasteiger partial charge on any atom is -0.673 e. The zero-order valence-electron chi connectivity index (χ0n) is 83.0. The molecular formula is C124H145Hf3N6-3. The summed E-state index contributed by atoms with van der Waals surface area (Å²) in [7, 11) is 0. The summed E-state index contributed by atoms with van der Waals surface area (Å²) >= 11 is 0. The van der Waals surface area contributed by atoms with Gasteiger partial charge in [0, 0.05) is 48.5 Å². The molecule has 12 aromatic carbocycles. The Balaban J connectivity index is 0.000000602. The van der Waals surface area contributed by atoms with Gasteiger partial charge in [-0.25, -0.2) is 0 Å². The van der Waals surface area contributed by atoms with Crippen molar-refractivity contribution in [1.82, 2.24) is 15.0 Å². The number of hydrogen-bond acceptors (Lipinski definition) is 3. The number of benzene rings is 12. The van der Waals surface area contributed by atoms with Crippen molar-refractivity contribution in [3.63, 3.8) is 0 Å². The number of aryl methyl sites for hydroxylation is 9. The molecule has 0 saturated carbocycles. The molecule has 133 heavy (non-hydrogen) atoms. The second-order valence-electron chi connectivity index (χ2n) is 32.7. The van der Waals surface area contributed by atoms with E-state index in [2.05, 4.69) is 408 Å². The van der Waals surface area contributed by atoms with Crippen LogP contribution in [0.4, 0.5) is 17.1 Å². The molecule has 4 unspecified atom stereocenters. The SMILES string of the molecule is C=C.C=CCCCCCC.C=CCCCCCC.Cc1ccccc1C([N-]c1c(C)cccc1C)c1cccc(-c2[c-]ccc3ccccc23)n1.Cc1ccccc1C([N-]c1c(C)cccc1C)c1cccc(-c2[c-]ccc3ccccc23)n1.[CH2-]C(CCCCCC)c1ccc2ccccc2c1-c1cccc(C([N-]c2c(C)cccc2C)c2ccccc2C)n1.[CH3-].[CH3-].[CH3-].[CH3-].[CH3-].[Hf+4].[Hf+4].[Hf]. The van der Waals surface area contributed by atoms with E-state index in [9.17, 15) is 0 Å². The third kappa shape index (κ3) is 33.6. The van der Waals surface area contributed by atoms with E-state index in [0.29, 0.717) is 0 Å². The van der Waals surface area contributed by atoms with Crippen molar-refractivity contribution in [3.8, 4) is 33.8 Å². The molecule has 686 valence electrons. The Bertz CT molecular complexity index is 5620. The molecule has 0 spiro atoms. The molecule has 0 bridgehead atoms. The Labute approximate surface area is 862 Å². The summed E-state index contributed by atoms with van der Waals surface area (Å²) in [5.74, 6) is 0.211. The van der Waals surface area contributed by atoms with Crippen molar-refractivity contribution in [2.75, 3.05) is 0 Å². The van der Waals surface area contributed by atoms with E-state index in [1.807, 2.05) is 24.3 Å². The summed E-state index contributed by atoms with van der Waals surface area (Å²) < 4.78 is 0. The first-order chi connectivity index (χ1) is 61.0. The van der Waals surface area contributed by atoms with Crippen LogP contribution in [0.1, 0.15) is 231 Å². The van der Waals surface area contributed by atoms with Gasteiger partial charge in [-0.2, -0.15) is 0 Å². The van der Waals surface area contributed by atoms with Crippen LogP contribution in [0.15, 0.2) is 330 Å². The second kappa shape index (κ2) is 63.4. The molecule has 9 heteroatoms. The molecule has 0 radical (unpaired) electrons. The van der Waals surface area contributed by atoms with Gasteiger partial charge >= 0.3 is 51.7 Å². The molecule has 0 fully saturated rings. The number of para-hydroxylation sites is 3. The molecule has 0 saturated heterocycles. The molecule has 4 atom stereocenters. The molecular weight excluding hydrogens is 2110 g/mol. The van der Waals surface area contributed by atoms with Crippen LogP contribution in [0.5, 0.6) is 0 Å². The van der Waals surface area contributed by atoms with Crippen molar-refractivity contribution in [1.29, 1.82) is 0 Å². The Morgan fingerprint density at radius 1 is 0.308 bits per heavy atom. The first kappa shape index (κ1) is 119. The smallest absolute Gasteiger partial charge is 0.673 e. The van der Waals surface area contributed by atoms with Crippen molar-refractivity contribution in [3.05, 3.63) is 491 Å². The number of rotatable bonds is 31. The average Bonchev–Trinajstić information content (AvgIpc) is 0.755.